The SMILES string of the molecule is CC(C)(CCCCC(=O)OO)CCC(C)(C)CCCCC(=O)OO. The van der Waals surface area contributed by atoms with Gasteiger partial charge in [-0.1, -0.05) is 40.5 Å². The predicted molar refractivity (Wildman–Crippen MR) is 91.2 cm³/mol. The summed E-state index contributed by atoms with van der Waals surface area (Å²) in [5.41, 5.74) is 0.419. The third-order valence-electron chi connectivity index (χ3n) is 4.65. The molecular weight excluding hydrogens is 312 g/mol. The summed E-state index contributed by atoms with van der Waals surface area (Å²) in [6.07, 6.45) is 8.11. The standard InChI is InChI=1S/C18H34O6/c1-17(2,11-7-5-9-15(19)23-21)13-14-18(3,4)12-8-6-10-16(20)24-22/h21-22H,5-14H2,1-4H3. The molecule has 0 spiro atoms. The highest BCUT2D eigenvalue weighted by Gasteiger charge is 2.24. The molecular formula is C18H34O6. The summed E-state index contributed by atoms with van der Waals surface area (Å²) in [5, 5.41) is 16.4. The van der Waals surface area contributed by atoms with E-state index in [0.717, 1.165) is 51.4 Å². The molecule has 2 N–H and O–H groups in total. The van der Waals surface area contributed by atoms with Gasteiger partial charge >= 0.3 is 11.9 Å². The van der Waals surface area contributed by atoms with Crippen molar-refractivity contribution in [1.82, 2.24) is 0 Å². The molecule has 0 atom stereocenters. The van der Waals surface area contributed by atoms with E-state index in [1.54, 1.807) is 0 Å². The van der Waals surface area contributed by atoms with Crippen LogP contribution in [-0.4, -0.2) is 22.5 Å². The van der Waals surface area contributed by atoms with E-state index in [4.69, 9.17) is 10.5 Å². The molecule has 0 saturated heterocycles. The summed E-state index contributed by atoms with van der Waals surface area (Å²) in [5.74, 6) is -1.14. The van der Waals surface area contributed by atoms with Gasteiger partial charge in [0, 0.05) is 12.8 Å². The summed E-state index contributed by atoms with van der Waals surface area (Å²) < 4.78 is 0. The number of unbranched alkanes of at least 4 members (excludes halogenated alkanes) is 2. The Hall–Kier alpha value is -1.14. The third-order valence-corrected chi connectivity index (χ3v) is 4.65. The molecule has 0 radical (unpaired) electrons. The minimum Gasteiger partial charge on any atom is -0.301 e. The second-order valence-electron chi connectivity index (χ2n) is 8.17. The Morgan fingerprint density at radius 3 is 1.29 bits per heavy atom. The molecule has 0 aliphatic heterocycles. The van der Waals surface area contributed by atoms with Gasteiger partial charge in [-0.2, -0.15) is 10.5 Å². The molecule has 0 aliphatic rings. The molecule has 0 bridgehead atoms. The third kappa shape index (κ3) is 12.3. The predicted octanol–water partition coefficient (Wildman–Crippen LogP) is 4.97. The normalized spacial score (nSPS) is 12.1. The van der Waals surface area contributed by atoms with Gasteiger partial charge in [0.2, 0.25) is 0 Å². The lowest BCUT2D eigenvalue weighted by Gasteiger charge is -2.31. The van der Waals surface area contributed by atoms with Crippen LogP contribution in [-0.2, 0) is 19.4 Å². The molecule has 24 heavy (non-hydrogen) atoms. The molecule has 0 fully saturated rings. The lowest BCUT2D eigenvalue weighted by atomic mass is 9.74. The molecule has 0 aromatic carbocycles. The van der Waals surface area contributed by atoms with E-state index in [1.165, 1.54) is 0 Å². The zero-order valence-electron chi connectivity index (χ0n) is 15.6. The van der Waals surface area contributed by atoms with E-state index in [9.17, 15) is 9.59 Å². The van der Waals surface area contributed by atoms with Crippen LogP contribution in [0.15, 0.2) is 0 Å². The molecule has 142 valence electrons. The Morgan fingerprint density at radius 1 is 0.667 bits per heavy atom. The zero-order valence-corrected chi connectivity index (χ0v) is 15.6. The van der Waals surface area contributed by atoms with Crippen molar-refractivity contribution in [3.05, 3.63) is 0 Å². The Labute approximate surface area is 145 Å². The average Bonchev–Trinajstić information content (AvgIpc) is 2.53. The fraction of sp³-hybridized carbons (Fsp3) is 0.889. The molecule has 6 nitrogen and oxygen atoms in total. The first kappa shape index (κ1) is 22.9. The van der Waals surface area contributed by atoms with Crippen LogP contribution in [0, 0.1) is 10.8 Å². The first-order chi connectivity index (χ1) is 11.1. The fourth-order valence-electron chi connectivity index (χ4n) is 2.76. The molecule has 0 rings (SSSR count). The minimum atomic E-state index is -0.570. The van der Waals surface area contributed by atoms with Gasteiger partial charge in [0.1, 0.15) is 0 Å². The molecule has 6 heteroatoms. The van der Waals surface area contributed by atoms with Crippen LogP contribution >= 0.6 is 0 Å². The average molecular weight is 346 g/mol. The van der Waals surface area contributed by atoms with Crippen molar-refractivity contribution >= 4 is 11.9 Å². The highest BCUT2D eigenvalue weighted by Crippen LogP contribution is 2.37. The highest BCUT2D eigenvalue weighted by molar-refractivity contribution is 5.68. The molecule has 0 unspecified atom stereocenters. The monoisotopic (exact) mass is 346 g/mol. The van der Waals surface area contributed by atoms with Crippen LogP contribution in [0.1, 0.15) is 91.9 Å². The van der Waals surface area contributed by atoms with Gasteiger partial charge < -0.3 is 9.78 Å². The molecule has 0 aliphatic carbocycles. The summed E-state index contributed by atoms with van der Waals surface area (Å²) in [6, 6.07) is 0. The van der Waals surface area contributed by atoms with Gasteiger partial charge in [-0.15, -0.1) is 0 Å². The van der Waals surface area contributed by atoms with Crippen molar-refractivity contribution in [2.24, 2.45) is 10.8 Å². The maximum absolute atomic E-state index is 10.9. The lowest BCUT2D eigenvalue weighted by Crippen LogP contribution is -2.18. The van der Waals surface area contributed by atoms with Crippen molar-refractivity contribution in [3.63, 3.8) is 0 Å². The van der Waals surface area contributed by atoms with Crippen molar-refractivity contribution in [3.8, 4) is 0 Å². The zero-order chi connectivity index (χ0) is 18.6. The highest BCUT2D eigenvalue weighted by atomic mass is 17.1. The summed E-state index contributed by atoms with van der Waals surface area (Å²) in [7, 11) is 0. The smallest absolute Gasteiger partial charge is 0.301 e. The van der Waals surface area contributed by atoms with Gasteiger partial charge in [0.15, 0.2) is 0 Å². The molecule has 0 saturated carbocycles. The maximum Gasteiger partial charge on any atom is 0.342 e. The van der Waals surface area contributed by atoms with E-state index in [0.29, 0.717) is 0 Å². The number of rotatable bonds is 13. The number of carbonyl (C=O) groups excluding carboxylic acids is 2. The van der Waals surface area contributed by atoms with Gasteiger partial charge in [0.05, 0.1) is 0 Å². The van der Waals surface area contributed by atoms with Crippen LogP contribution in [0.2, 0.25) is 0 Å². The van der Waals surface area contributed by atoms with Crippen molar-refractivity contribution in [1.29, 1.82) is 0 Å². The number of hydrogen-bond donors (Lipinski definition) is 2. The van der Waals surface area contributed by atoms with Crippen molar-refractivity contribution in [2.45, 2.75) is 91.9 Å². The van der Waals surface area contributed by atoms with Crippen molar-refractivity contribution in [2.75, 3.05) is 0 Å². The molecule has 0 amide bonds. The summed E-state index contributed by atoms with van der Waals surface area (Å²) in [4.78, 5) is 29.1. The van der Waals surface area contributed by atoms with Crippen LogP contribution in [0.25, 0.3) is 0 Å². The second kappa shape index (κ2) is 11.4. The van der Waals surface area contributed by atoms with E-state index < -0.39 is 11.9 Å². The lowest BCUT2D eigenvalue weighted by molar-refractivity contribution is -0.234. The molecule has 0 heterocycles. The van der Waals surface area contributed by atoms with Crippen LogP contribution in [0.4, 0.5) is 0 Å². The van der Waals surface area contributed by atoms with E-state index in [-0.39, 0.29) is 23.7 Å². The van der Waals surface area contributed by atoms with Gasteiger partial charge in [-0.3, -0.25) is 0 Å². The minimum absolute atomic E-state index is 0.209. The summed E-state index contributed by atoms with van der Waals surface area (Å²) >= 11 is 0. The van der Waals surface area contributed by atoms with Crippen molar-refractivity contribution < 1.29 is 29.9 Å². The van der Waals surface area contributed by atoms with Gasteiger partial charge in [-0.05, 0) is 49.4 Å². The maximum atomic E-state index is 10.9. The van der Waals surface area contributed by atoms with Gasteiger partial charge in [-0.25, -0.2) is 9.59 Å². The Bertz CT molecular complexity index is 340. The van der Waals surface area contributed by atoms with E-state index in [2.05, 4.69) is 37.5 Å². The fourth-order valence-corrected chi connectivity index (χ4v) is 2.76. The largest absolute Gasteiger partial charge is 0.342 e. The summed E-state index contributed by atoms with van der Waals surface area (Å²) in [6.45, 7) is 8.96. The first-order valence-electron chi connectivity index (χ1n) is 8.80. The Balaban J connectivity index is 3.96. The van der Waals surface area contributed by atoms with E-state index >= 15 is 0 Å². The second-order valence-corrected chi connectivity index (χ2v) is 8.17. The Morgan fingerprint density at radius 2 is 1.00 bits per heavy atom. The number of carbonyl (C=O) groups is 2. The Kier molecular flexibility index (Phi) is 10.9. The quantitative estimate of drug-likeness (QED) is 0.278. The molecule has 0 aromatic rings. The van der Waals surface area contributed by atoms with Crippen LogP contribution in [0.5, 0.6) is 0 Å². The number of hydrogen-bond acceptors (Lipinski definition) is 6. The van der Waals surface area contributed by atoms with Crippen LogP contribution < -0.4 is 0 Å². The van der Waals surface area contributed by atoms with Crippen LogP contribution in [0.3, 0.4) is 0 Å². The van der Waals surface area contributed by atoms with E-state index in [1.807, 2.05) is 0 Å². The molecule has 0 aromatic heterocycles. The first-order valence-corrected chi connectivity index (χ1v) is 8.80. The topological polar surface area (TPSA) is 93.1 Å². The van der Waals surface area contributed by atoms with Gasteiger partial charge in [0.25, 0.3) is 0 Å².